The maximum atomic E-state index is 14.3. The molecule has 4 heteroatoms. The average Bonchev–Trinajstić information content (AvgIpc) is 3.27. The third kappa shape index (κ3) is 4.52. The highest BCUT2D eigenvalue weighted by Gasteiger charge is 2.33. The van der Waals surface area contributed by atoms with Crippen molar-refractivity contribution in [1.29, 1.82) is 0 Å². The summed E-state index contributed by atoms with van der Waals surface area (Å²) in [4.78, 5) is 42.7. The summed E-state index contributed by atoms with van der Waals surface area (Å²) in [5.41, 5.74) is 8.64. The van der Waals surface area contributed by atoms with E-state index in [1.807, 2.05) is 84.0 Å². The van der Waals surface area contributed by atoms with Gasteiger partial charge in [-0.15, -0.1) is 0 Å². The lowest BCUT2D eigenvalue weighted by Crippen LogP contribution is -2.15. The number of rotatable bonds is 6. The molecule has 0 atom stereocenters. The Balaban J connectivity index is 1.84. The van der Waals surface area contributed by atoms with Gasteiger partial charge in [0, 0.05) is 22.9 Å². The Morgan fingerprint density at radius 1 is 0.487 bits per heavy atom. The number of benzene rings is 3. The lowest BCUT2D eigenvalue weighted by Gasteiger charge is -2.10. The second-order valence-corrected chi connectivity index (χ2v) is 10.4. The van der Waals surface area contributed by atoms with Crippen LogP contribution in [0.15, 0.2) is 79.0 Å². The highest BCUT2D eigenvalue weighted by atomic mass is 16.1. The Kier molecular flexibility index (Phi) is 6.65. The minimum Gasteiger partial charge on any atom is -0.312 e. The van der Waals surface area contributed by atoms with Crippen molar-refractivity contribution in [2.75, 3.05) is 0 Å². The molecule has 2 aromatic heterocycles. The molecule has 194 valence electrons. The molecule has 0 spiro atoms. The van der Waals surface area contributed by atoms with Gasteiger partial charge in [-0.05, 0) is 105 Å². The molecule has 0 aliphatic carbocycles. The monoisotopic (exact) mass is 513 g/mol. The van der Waals surface area contributed by atoms with Gasteiger partial charge in [-0.25, -0.2) is 0 Å². The van der Waals surface area contributed by atoms with Gasteiger partial charge in [-0.1, -0.05) is 42.5 Å². The largest absolute Gasteiger partial charge is 0.312 e. The first kappa shape index (κ1) is 26.1. The molecule has 0 fully saturated rings. The fourth-order valence-corrected chi connectivity index (χ4v) is 4.96. The number of hydrogen-bond donors (Lipinski definition) is 0. The highest BCUT2D eigenvalue weighted by Crippen LogP contribution is 2.32. The summed E-state index contributed by atoms with van der Waals surface area (Å²) < 4.78 is 1.69. The van der Waals surface area contributed by atoms with Gasteiger partial charge < -0.3 is 4.40 Å². The van der Waals surface area contributed by atoms with Gasteiger partial charge in [-0.2, -0.15) is 0 Å². The molecule has 4 nitrogen and oxygen atoms in total. The second kappa shape index (κ2) is 9.95. The first-order chi connectivity index (χ1) is 18.6. The average molecular weight is 514 g/mol. The van der Waals surface area contributed by atoms with Crippen LogP contribution in [0.1, 0.15) is 81.3 Å². The lowest BCUT2D eigenvalue weighted by molar-refractivity contribution is 0.0991. The van der Waals surface area contributed by atoms with Crippen molar-refractivity contribution in [1.82, 2.24) is 4.40 Å². The number of aromatic nitrogens is 1. The normalized spacial score (nSPS) is 11.1. The van der Waals surface area contributed by atoms with Crippen molar-refractivity contribution in [3.05, 3.63) is 146 Å². The van der Waals surface area contributed by atoms with Crippen molar-refractivity contribution in [2.24, 2.45) is 0 Å². The summed E-state index contributed by atoms with van der Waals surface area (Å²) in [6.45, 7) is 11.8. The Morgan fingerprint density at radius 2 is 0.923 bits per heavy atom. The third-order valence-corrected chi connectivity index (χ3v) is 7.82. The number of aryl methyl sites for hydroxylation is 6. The summed E-state index contributed by atoms with van der Waals surface area (Å²) in [5, 5.41) is 0. The molecule has 0 unspecified atom stereocenters. The number of ketones is 3. The molecule has 0 saturated carbocycles. The molecule has 0 bridgehead atoms. The third-order valence-electron chi connectivity index (χ3n) is 7.82. The molecule has 0 saturated heterocycles. The molecular weight excluding hydrogens is 482 g/mol. The number of fused-ring (bicyclic) bond motifs is 1. The van der Waals surface area contributed by atoms with Crippen molar-refractivity contribution in [2.45, 2.75) is 41.5 Å². The van der Waals surface area contributed by atoms with Gasteiger partial charge in [0.1, 0.15) is 5.69 Å². The SMILES string of the molecule is Cc1ccc(C(=O)c2c(C(=O)c3ccc(C)c(C)c3)c3ccccn3c2C(=O)c2ccc(C)c(C)c2)cc1C. The van der Waals surface area contributed by atoms with E-state index < -0.39 is 0 Å². The molecular formula is C35H31NO3. The van der Waals surface area contributed by atoms with E-state index in [9.17, 15) is 14.4 Å². The Bertz CT molecular complexity index is 1720. The molecule has 5 aromatic rings. The smallest absolute Gasteiger partial charge is 0.210 e. The summed E-state index contributed by atoms with van der Waals surface area (Å²) >= 11 is 0. The first-order valence-electron chi connectivity index (χ1n) is 13.1. The predicted octanol–water partition coefficient (Wildman–Crippen LogP) is 7.48. The standard InChI is InChI=1S/C35H31NO3/c1-20-10-13-26(17-23(20)4)33(37)30-29-9-7-8-16-36(29)32(35(39)28-15-12-22(3)25(6)19-28)31(30)34(38)27-14-11-21(2)24(5)18-27/h7-19H,1-6H3. The van der Waals surface area contributed by atoms with Crippen molar-refractivity contribution in [3.8, 4) is 0 Å². The van der Waals surface area contributed by atoms with Crippen molar-refractivity contribution >= 4 is 22.9 Å². The predicted molar refractivity (Wildman–Crippen MR) is 155 cm³/mol. The van der Waals surface area contributed by atoms with Crippen LogP contribution in [-0.4, -0.2) is 21.8 Å². The number of hydrogen-bond acceptors (Lipinski definition) is 3. The minimum absolute atomic E-state index is 0.135. The van der Waals surface area contributed by atoms with Crippen LogP contribution in [0.2, 0.25) is 0 Å². The van der Waals surface area contributed by atoms with Gasteiger partial charge in [0.25, 0.3) is 0 Å². The van der Waals surface area contributed by atoms with E-state index in [1.165, 1.54) is 0 Å². The number of pyridine rings is 1. The Hall–Kier alpha value is -4.57. The van der Waals surface area contributed by atoms with Crippen LogP contribution in [0.25, 0.3) is 5.52 Å². The fraction of sp³-hybridized carbons (Fsp3) is 0.171. The number of carbonyl (C=O) groups excluding carboxylic acids is 3. The van der Waals surface area contributed by atoms with Crippen LogP contribution >= 0.6 is 0 Å². The van der Waals surface area contributed by atoms with Crippen molar-refractivity contribution in [3.63, 3.8) is 0 Å². The van der Waals surface area contributed by atoms with E-state index in [4.69, 9.17) is 0 Å². The molecule has 0 radical (unpaired) electrons. The topological polar surface area (TPSA) is 55.6 Å². The quantitative estimate of drug-likeness (QED) is 0.221. The van der Waals surface area contributed by atoms with Gasteiger partial charge in [0.2, 0.25) is 5.78 Å². The van der Waals surface area contributed by atoms with Crippen LogP contribution < -0.4 is 0 Å². The van der Waals surface area contributed by atoms with Crippen LogP contribution in [0.3, 0.4) is 0 Å². The molecule has 0 aliphatic heterocycles. The van der Waals surface area contributed by atoms with E-state index in [2.05, 4.69) is 0 Å². The van der Waals surface area contributed by atoms with E-state index in [-0.39, 0.29) is 34.2 Å². The van der Waals surface area contributed by atoms with Crippen LogP contribution in [0, 0.1) is 41.5 Å². The van der Waals surface area contributed by atoms with Crippen molar-refractivity contribution < 1.29 is 14.4 Å². The summed E-state index contributed by atoms with van der Waals surface area (Å²) in [6, 6.07) is 22.0. The molecule has 5 rings (SSSR count). The van der Waals surface area contributed by atoms with Gasteiger partial charge in [0.05, 0.1) is 16.6 Å². The van der Waals surface area contributed by atoms with E-state index >= 15 is 0 Å². The maximum Gasteiger partial charge on any atom is 0.210 e. The van der Waals surface area contributed by atoms with Gasteiger partial charge >= 0.3 is 0 Å². The van der Waals surface area contributed by atoms with E-state index in [1.54, 1.807) is 40.9 Å². The van der Waals surface area contributed by atoms with E-state index in [0.717, 1.165) is 33.4 Å². The summed E-state index contributed by atoms with van der Waals surface area (Å²) in [5.74, 6) is -0.931. The zero-order valence-electron chi connectivity index (χ0n) is 23.2. The minimum atomic E-state index is -0.346. The summed E-state index contributed by atoms with van der Waals surface area (Å²) in [7, 11) is 0. The highest BCUT2D eigenvalue weighted by molar-refractivity contribution is 6.28. The Morgan fingerprint density at radius 3 is 1.38 bits per heavy atom. The summed E-state index contributed by atoms with van der Waals surface area (Å²) in [6.07, 6.45) is 1.75. The van der Waals surface area contributed by atoms with Gasteiger partial charge in [-0.3, -0.25) is 14.4 Å². The molecule has 2 heterocycles. The van der Waals surface area contributed by atoms with E-state index in [0.29, 0.717) is 22.2 Å². The molecule has 39 heavy (non-hydrogen) atoms. The number of carbonyl (C=O) groups is 3. The van der Waals surface area contributed by atoms with Crippen LogP contribution in [0.4, 0.5) is 0 Å². The van der Waals surface area contributed by atoms with Gasteiger partial charge in [0.15, 0.2) is 11.6 Å². The number of nitrogens with zero attached hydrogens (tertiary/aromatic N) is 1. The Labute approximate surface area is 228 Å². The lowest BCUT2D eigenvalue weighted by atomic mass is 9.90. The molecule has 0 N–H and O–H groups in total. The maximum absolute atomic E-state index is 14.3. The fourth-order valence-electron chi connectivity index (χ4n) is 4.96. The second-order valence-electron chi connectivity index (χ2n) is 10.4. The molecule has 0 amide bonds. The van der Waals surface area contributed by atoms with Crippen LogP contribution in [0.5, 0.6) is 0 Å². The molecule has 3 aromatic carbocycles. The van der Waals surface area contributed by atoms with Crippen LogP contribution in [-0.2, 0) is 0 Å². The zero-order chi connectivity index (χ0) is 28.0. The molecule has 0 aliphatic rings. The first-order valence-corrected chi connectivity index (χ1v) is 13.1. The zero-order valence-corrected chi connectivity index (χ0v) is 23.2.